The van der Waals surface area contributed by atoms with Gasteiger partial charge in [0.1, 0.15) is 5.75 Å². The summed E-state index contributed by atoms with van der Waals surface area (Å²) in [4.78, 5) is 4.27. The molecule has 0 atom stereocenters. The van der Waals surface area contributed by atoms with Gasteiger partial charge in [-0.25, -0.2) is 0 Å². The van der Waals surface area contributed by atoms with Crippen LogP contribution >= 0.6 is 0 Å². The molecule has 15 heavy (non-hydrogen) atoms. The molecule has 0 aliphatic carbocycles. The minimum atomic E-state index is 0.818. The van der Waals surface area contributed by atoms with Crippen molar-refractivity contribution in [2.75, 3.05) is 25.5 Å². The number of guanidine groups is 1. The Hall–Kier alpha value is -1.71. The van der Waals surface area contributed by atoms with Gasteiger partial charge in [-0.15, -0.1) is 0 Å². The Kier molecular flexibility index (Phi) is 2.76. The van der Waals surface area contributed by atoms with E-state index in [0.29, 0.717) is 0 Å². The van der Waals surface area contributed by atoms with Gasteiger partial charge in [-0.3, -0.25) is 4.99 Å². The third-order valence-electron chi connectivity index (χ3n) is 2.28. The van der Waals surface area contributed by atoms with E-state index < -0.39 is 0 Å². The highest BCUT2D eigenvalue weighted by Crippen LogP contribution is 2.25. The van der Waals surface area contributed by atoms with Crippen molar-refractivity contribution in [2.24, 2.45) is 4.99 Å². The van der Waals surface area contributed by atoms with Crippen molar-refractivity contribution in [3.8, 4) is 5.75 Å². The van der Waals surface area contributed by atoms with E-state index in [1.165, 1.54) is 5.56 Å². The van der Waals surface area contributed by atoms with Gasteiger partial charge in [-0.2, -0.15) is 0 Å². The van der Waals surface area contributed by atoms with Crippen molar-refractivity contribution in [3.63, 3.8) is 0 Å². The Morgan fingerprint density at radius 1 is 1.47 bits per heavy atom. The predicted octanol–water partition coefficient (Wildman–Crippen LogP) is 1.37. The predicted molar refractivity (Wildman–Crippen MR) is 61.7 cm³/mol. The monoisotopic (exact) mass is 205 g/mol. The molecule has 80 valence electrons. The topological polar surface area (TPSA) is 45.6 Å². The van der Waals surface area contributed by atoms with Crippen molar-refractivity contribution in [1.29, 1.82) is 0 Å². The molecule has 1 heterocycles. The molecule has 4 heteroatoms. The third kappa shape index (κ3) is 2.21. The molecular weight excluding hydrogens is 190 g/mol. The zero-order chi connectivity index (χ0) is 10.7. The van der Waals surface area contributed by atoms with Crippen LogP contribution in [0.15, 0.2) is 23.2 Å². The third-order valence-corrected chi connectivity index (χ3v) is 2.28. The van der Waals surface area contributed by atoms with Crippen LogP contribution in [0.3, 0.4) is 0 Å². The van der Waals surface area contributed by atoms with Gasteiger partial charge in [0.25, 0.3) is 0 Å². The van der Waals surface area contributed by atoms with Crippen molar-refractivity contribution in [1.82, 2.24) is 5.32 Å². The Morgan fingerprint density at radius 3 is 3.00 bits per heavy atom. The van der Waals surface area contributed by atoms with Crippen molar-refractivity contribution < 1.29 is 4.74 Å². The summed E-state index contributed by atoms with van der Waals surface area (Å²) >= 11 is 0. The Balaban J connectivity index is 2.21. The van der Waals surface area contributed by atoms with Crippen LogP contribution in [-0.4, -0.2) is 26.2 Å². The Bertz CT molecular complexity index is 387. The maximum Gasteiger partial charge on any atom is 0.196 e. The number of aryl methyl sites for hydroxylation is 1. The van der Waals surface area contributed by atoms with Crippen molar-refractivity contribution in [2.45, 2.75) is 6.92 Å². The van der Waals surface area contributed by atoms with Gasteiger partial charge in [-0.1, -0.05) is 6.07 Å². The number of anilines is 1. The molecule has 0 unspecified atom stereocenters. The number of aliphatic imine (C=N–C) groups is 1. The molecule has 1 aliphatic heterocycles. The second kappa shape index (κ2) is 4.21. The number of nitrogens with zero attached hydrogens (tertiary/aromatic N) is 1. The highest BCUT2D eigenvalue weighted by Gasteiger charge is 2.08. The van der Waals surface area contributed by atoms with E-state index in [4.69, 9.17) is 4.74 Å². The molecule has 1 aliphatic rings. The second-order valence-electron chi connectivity index (χ2n) is 3.49. The number of hydrogen-bond acceptors (Lipinski definition) is 4. The van der Waals surface area contributed by atoms with Crippen LogP contribution in [0.2, 0.25) is 0 Å². The lowest BCUT2D eigenvalue weighted by Crippen LogP contribution is -2.26. The first-order valence-electron chi connectivity index (χ1n) is 4.99. The quantitative estimate of drug-likeness (QED) is 0.766. The summed E-state index contributed by atoms with van der Waals surface area (Å²) < 4.78 is 5.27. The first-order chi connectivity index (χ1) is 7.29. The van der Waals surface area contributed by atoms with Crippen LogP contribution in [0, 0.1) is 6.92 Å². The fourth-order valence-electron chi connectivity index (χ4n) is 1.53. The number of ether oxygens (including phenoxy) is 1. The van der Waals surface area contributed by atoms with E-state index in [0.717, 1.165) is 30.5 Å². The summed E-state index contributed by atoms with van der Waals surface area (Å²) in [6, 6.07) is 6.02. The van der Waals surface area contributed by atoms with Gasteiger partial charge in [0, 0.05) is 6.54 Å². The van der Waals surface area contributed by atoms with E-state index in [9.17, 15) is 0 Å². The fraction of sp³-hybridized carbons (Fsp3) is 0.364. The number of nitrogens with one attached hydrogen (secondary N) is 2. The molecule has 1 aromatic carbocycles. The summed E-state index contributed by atoms with van der Waals surface area (Å²) in [5.41, 5.74) is 2.14. The first kappa shape index (κ1) is 9.83. The highest BCUT2D eigenvalue weighted by atomic mass is 16.5. The van der Waals surface area contributed by atoms with Gasteiger partial charge >= 0.3 is 0 Å². The van der Waals surface area contributed by atoms with Crippen LogP contribution < -0.4 is 15.4 Å². The molecule has 1 aromatic rings. The van der Waals surface area contributed by atoms with E-state index in [1.54, 1.807) is 7.11 Å². The lowest BCUT2D eigenvalue weighted by Gasteiger charge is -2.11. The summed E-state index contributed by atoms with van der Waals surface area (Å²) in [6.07, 6.45) is 0. The van der Waals surface area contributed by atoms with Crippen LogP contribution in [-0.2, 0) is 0 Å². The average Bonchev–Trinajstić information content (AvgIpc) is 2.71. The summed E-state index contributed by atoms with van der Waals surface area (Å²) in [7, 11) is 1.67. The summed E-state index contributed by atoms with van der Waals surface area (Å²) in [5.74, 6) is 1.65. The molecule has 0 aromatic heterocycles. The standard InChI is InChI=1S/C11H15N3O/c1-8-3-4-10(15-2)9(7-8)14-11-12-5-6-13-11/h3-4,7H,5-6H2,1-2H3,(H2,12,13,14). The van der Waals surface area contributed by atoms with Gasteiger partial charge in [-0.05, 0) is 24.6 Å². The van der Waals surface area contributed by atoms with Crippen LogP contribution in [0.1, 0.15) is 5.56 Å². The number of hydrogen-bond donors (Lipinski definition) is 2. The van der Waals surface area contributed by atoms with Crippen molar-refractivity contribution in [3.05, 3.63) is 23.8 Å². The molecule has 0 spiro atoms. The lowest BCUT2D eigenvalue weighted by atomic mass is 10.2. The Labute approximate surface area is 89.4 Å². The number of benzene rings is 1. The zero-order valence-corrected chi connectivity index (χ0v) is 9.00. The van der Waals surface area contributed by atoms with E-state index in [2.05, 4.69) is 22.5 Å². The van der Waals surface area contributed by atoms with Crippen LogP contribution in [0.25, 0.3) is 0 Å². The van der Waals surface area contributed by atoms with Crippen LogP contribution in [0.5, 0.6) is 5.75 Å². The number of rotatable bonds is 2. The van der Waals surface area contributed by atoms with Gasteiger partial charge in [0.05, 0.1) is 19.3 Å². The smallest absolute Gasteiger partial charge is 0.196 e. The molecule has 0 bridgehead atoms. The molecule has 0 saturated heterocycles. The SMILES string of the molecule is COc1ccc(C)cc1NC1=NCCN1. The van der Waals surface area contributed by atoms with E-state index in [1.807, 2.05) is 18.2 Å². The largest absolute Gasteiger partial charge is 0.495 e. The second-order valence-corrected chi connectivity index (χ2v) is 3.49. The number of methoxy groups -OCH3 is 1. The van der Waals surface area contributed by atoms with Crippen molar-refractivity contribution >= 4 is 11.6 Å². The highest BCUT2D eigenvalue weighted by molar-refractivity contribution is 5.95. The normalized spacial score (nSPS) is 14.4. The van der Waals surface area contributed by atoms with Gasteiger partial charge in [0.15, 0.2) is 5.96 Å². The van der Waals surface area contributed by atoms with Crippen LogP contribution in [0.4, 0.5) is 5.69 Å². The molecule has 0 amide bonds. The average molecular weight is 205 g/mol. The van der Waals surface area contributed by atoms with E-state index >= 15 is 0 Å². The summed E-state index contributed by atoms with van der Waals surface area (Å²) in [5, 5.41) is 6.37. The zero-order valence-electron chi connectivity index (χ0n) is 9.00. The minimum Gasteiger partial charge on any atom is -0.495 e. The molecule has 2 N–H and O–H groups in total. The molecule has 0 saturated carbocycles. The molecule has 4 nitrogen and oxygen atoms in total. The molecule has 0 radical (unpaired) electrons. The molecule has 0 fully saturated rings. The maximum absolute atomic E-state index is 5.27. The van der Waals surface area contributed by atoms with E-state index in [-0.39, 0.29) is 0 Å². The van der Waals surface area contributed by atoms with Gasteiger partial charge in [0.2, 0.25) is 0 Å². The maximum atomic E-state index is 5.27. The van der Waals surface area contributed by atoms with Gasteiger partial charge < -0.3 is 15.4 Å². The Morgan fingerprint density at radius 2 is 2.33 bits per heavy atom. The molecular formula is C11H15N3O. The summed E-state index contributed by atoms with van der Waals surface area (Å²) in [6.45, 7) is 3.78. The fourth-order valence-corrected chi connectivity index (χ4v) is 1.53. The molecule has 2 rings (SSSR count). The lowest BCUT2D eigenvalue weighted by molar-refractivity contribution is 0.417. The first-order valence-corrected chi connectivity index (χ1v) is 4.99. The minimum absolute atomic E-state index is 0.818.